The molecule has 2 aromatic carbocycles. The molecule has 0 bridgehead atoms. The van der Waals surface area contributed by atoms with Crippen LogP contribution in [-0.2, 0) is 11.2 Å². The SMILES string of the molecule is COc1cccc(CC(O)C(OC)c2ccccc2)c1. The monoisotopic (exact) mass is 272 g/mol. The number of ether oxygens (including phenoxy) is 2. The molecule has 0 spiro atoms. The van der Waals surface area contributed by atoms with Crippen molar-refractivity contribution in [3.05, 3.63) is 65.7 Å². The summed E-state index contributed by atoms with van der Waals surface area (Å²) in [6.07, 6.45) is -0.415. The Balaban J connectivity index is 2.11. The van der Waals surface area contributed by atoms with Gasteiger partial charge in [0.2, 0.25) is 0 Å². The fourth-order valence-electron chi connectivity index (χ4n) is 2.31. The van der Waals surface area contributed by atoms with Crippen molar-refractivity contribution < 1.29 is 14.6 Å². The van der Waals surface area contributed by atoms with E-state index in [2.05, 4.69) is 0 Å². The highest BCUT2D eigenvalue weighted by molar-refractivity contribution is 5.29. The maximum Gasteiger partial charge on any atom is 0.119 e. The molecule has 3 nitrogen and oxygen atoms in total. The van der Waals surface area contributed by atoms with E-state index >= 15 is 0 Å². The van der Waals surface area contributed by atoms with Crippen LogP contribution in [0.1, 0.15) is 17.2 Å². The summed E-state index contributed by atoms with van der Waals surface area (Å²) in [7, 11) is 3.25. The number of methoxy groups -OCH3 is 2. The molecule has 2 unspecified atom stereocenters. The maximum atomic E-state index is 10.4. The molecule has 3 heteroatoms. The topological polar surface area (TPSA) is 38.7 Å². The second-order valence-corrected chi connectivity index (χ2v) is 4.69. The van der Waals surface area contributed by atoms with Crippen molar-refractivity contribution in [2.45, 2.75) is 18.6 Å². The second kappa shape index (κ2) is 7.08. The molecule has 2 aromatic rings. The van der Waals surface area contributed by atoms with Crippen LogP contribution in [0.2, 0.25) is 0 Å². The summed E-state index contributed by atoms with van der Waals surface area (Å²) in [6.45, 7) is 0. The van der Waals surface area contributed by atoms with Gasteiger partial charge in [0.25, 0.3) is 0 Å². The van der Waals surface area contributed by atoms with Crippen LogP contribution in [0.3, 0.4) is 0 Å². The number of aliphatic hydroxyl groups excluding tert-OH is 1. The Morgan fingerprint density at radius 2 is 1.75 bits per heavy atom. The Morgan fingerprint density at radius 1 is 1.00 bits per heavy atom. The van der Waals surface area contributed by atoms with Gasteiger partial charge in [0.05, 0.1) is 13.2 Å². The van der Waals surface area contributed by atoms with Gasteiger partial charge in [-0.15, -0.1) is 0 Å². The summed E-state index contributed by atoms with van der Waals surface area (Å²) in [6, 6.07) is 17.5. The van der Waals surface area contributed by atoms with E-state index in [1.54, 1.807) is 14.2 Å². The van der Waals surface area contributed by atoms with Crippen LogP contribution in [0.4, 0.5) is 0 Å². The molecule has 1 N–H and O–H groups in total. The zero-order valence-electron chi connectivity index (χ0n) is 11.8. The first kappa shape index (κ1) is 14.6. The first-order chi connectivity index (χ1) is 9.74. The van der Waals surface area contributed by atoms with E-state index in [1.807, 2.05) is 54.6 Å². The second-order valence-electron chi connectivity index (χ2n) is 4.69. The minimum absolute atomic E-state index is 0.331. The standard InChI is InChI=1S/C17H20O3/c1-19-15-10-6-7-13(11-15)12-16(18)17(20-2)14-8-4-3-5-9-14/h3-11,16-18H,12H2,1-2H3. The molecule has 0 aromatic heterocycles. The zero-order chi connectivity index (χ0) is 14.4. The van der Waals surface area contributed by atoms with Gasteiger partial charge in [0, 0.05) is 13.5 Å². The highest BCUT2D eigenvalue weighted by atomic mass is 16.5. The largest absolute Gasteiger partial charge is 0.497 e. The number of aliphatic hydroxyl groups is 1. The fourth-order valence-corrected chi connectivity index (χ4v) is 2.31. The van der Waals surface area contributed by atoms with Crippen LogP contribution in [0.15, 0.2) is 54.6 Å². The van der Waals surface area contributed by atoms with Crippen LogP contribution >= 0.6 is 0 Å². The van der Waals surface area contributed by atoms with Crippen molar-refractivity contribution in [1.82, 2.24) is 0 Å². The molecule has 20 heavy (non-hydrogen) atoms. The van der Waals surface area contributed by atoms with E-state index in [0.717, 1.165) is 16.9 Å². The molecule has 0 saturated carbocycles. The van der Waals surface area contributed by atoms with Crippen LogP contribution in [0, 0.1) is 0 Å². The summed E-state index contributed by atoms with van der Waals surface area (Å²) >= 11 is 0. The molecule has 0 radical (unpaired) electrons. The predicted octanol–water partition coefficient (Wildman–Crippen LogP) is 2.99. The molecule has 0 amide bonds. The maximum absolute atomic E-state index is 10.4. The Morgan fingerprint density at radius 3 is 2.40 bits per heavy atom. The van der Waals surface area contributed by atoms with Gasteiger partial charge in [-0.2, -0.15) is 0 Å². The highest BCUT2D eigenvalue weighted by Crippen LogP contribution is 2.24. The molecule has 0 aliphatic carbocycles. The first-order valence-corrected chi connectivity index (χ1v) is 6.63. The predicted molar refractivity (Wildman–Crippen MR) is 78.9 cm³/mol. The lowest BCUT2D eigenvalue weighted by Crippen LogP contribution is -2.22. The van der Waals surface area contributed by atoms with Crippen LogP contribution in [0.5, 0.6) is 5.75 Å². The summed E-state index contributed by atoms with van der Waals surface area (Å²) < 4.78 is 10.6. The van der Waals surface area contributed by atoms with E-state index < -0.39 is 6.10 Å². The van der Waals surface area contributed by atoms with Gasteiger partial charge in [0.15, 0.2) is 0 Å². The summed E-state index contributed by atoms with van der Waals surface area (Å²) in [5, 5.41) is 10.4. The lowest BCUT2D eigenvalue weighted by Gasteiger charge is -2.22. The molecule has 2 rings (SSSR count). The average molecular weight is 272 g/mol. The quantitative estimate of drug-likeness (QED) is 0.878. The third-order valence-corrected chi connectivity index (χ3v) is 3.31. The molecule has 0 heterocycles. The summed E-state index contributed by atoms with van der Waals surface area (Å²) in [5.74, 6) is 0.795. The van der Waals surface area contributed by atoms with Crippen LogP contribution in [-0.4, -0.2) is 25.4 Å². The smallest absolute Gasteiger partial charge is 0.119 e. The number of hydrogen-bond donors (Lipinski definition) is 1. The molecule has 0 saturated heterocycles. The Kier molecular flexibility index (Phi) is 5.16. The molecular formula is C17H20O3. The number of hydrogen-bond acceptors (Lipinski definition) is 3. The van der Waals surface area contributed by atoms with Crippen molar-refractivity contribution in [3.8, 4) is 5.75 Å². The molecule has 0 fully saturated rings. The van der Waals surface area contributed by atoms with Crippen molar-refractivity contribution in [2.75, 3.05) is 14.2 Å². The zero-order valence-corrected chi connectivity index (χ0v) is 11.8. The number of rotatable bonds is 6. The van der Waals surface area contributed by atoms with Crippen molar-refractivity contribution >= 4 is 0 Å². The van der Waals surface area contributed by atoms with E-state index in [1.165, 1.54) is 0 Å². The fraction of sp³-hybridized carbons (Fsp3) is 0.294. The van der Waals surface area contributed by atoms with Crippen LogP contribution < -0.4 is 4.74 Å². The van der Waals surface area contributed by atoms with Gasteiger partial charge in [-0.25, -0.2) is 0 Å². The minimum atomic E-state index is -0.602. The molecular weight excluding hydrogens is 252 g/mol. The van der Waals surface area contributed by atoms with Crippen molar-refractivity contribution in [3.63, 3.8) is 0 Å². The van der Waals surface area contributed by atoms with Gasteiger partial charge < -0.3 is 14.6 Å². The third-order valence-electron chi connectivity index (χ3n) is 3.31. The van der Waals surface area contributed by atoms with Gasteiger partial charge in [-0.05, 0) is 23.3 Å². The van der Waals surface area contributed by atoms with Crippen molar-refractivity contribution in [1.29, 1.82) is 0 Å². The van der Waals surface area contributed by atoms with E-state index in [9.17, 15) is 5.11 Å². The van der Waals surface area contributed by atoms with Crippen molar-refractivity contribution in [2.24, 2.45) is 0 Å². The van der Waals surface area contributed by atoms with E-state index in [4.69, 9.17) is 9.47 Å². The Bertz CT molecular complexity index is 525. The summed E-state index contributed by atoms with van der Waals surface area (Å²) in [4.78, 5) is 0. The first-order valence-electron chi connectivity index (χ1n) is 6.63. The van der Waals surface area contributed by atoms with Gasteiger partial charge >= 0.3 is 0 Å². The Labute approximate surface area is 119 Å². The normalized spacial score (nSPS) is 13.8. The van der Waals surface area contributed by atoms with Gasteiger partial charge in [0.1, 0.15) is 11.9 Å². The molecule has 106 valence electrons. The van der Waals surface area contributed by atoms with Gasteiger partial charge in [-0.1, -0.05) is 42.5 Å². The lowest BCUT2D eigenvalue weighted by molar-refractivity contribution is -0.0128. The third kappa shape index (κ3) is 3.59. The lowest BCUT2D eigenvalue weighted by atomic mass is 9.98. The minimum Gasteiger partial charge on any atom is -0.497 e. The van der Waals surface area contributed by atoms with E-state index in [-0.39, 0.29) is 6.10 Å². The molecule has 2 atom stereocenters. The Hall–Kier alpha value is -1.84. The average Bonchev–Trinajstić information content (AvgIpc) is 2.49. The highest BCUT2D eigenvalue weighted by Gasteiger charge is 2.21. The van der Waals surface area contributed by atoms with E-state index in [0.29, 0.717) is 6.42 Å². The summed E-state index contributed by atoms with van der Waals surface area (Å²) in [5.41, 5.74) is 2.00. The molecule has 0 aliphatic rings. The van der Waals surface area contributed by atoms with Gasteiger partial charge in [-0.3, -0.25) is 0 Å². The molecule has 0 aliphatic heterocycles. The van der Waals surface area contributed by atoms with Crippen LogP contribution in [0.25, 0.3) is 0 Å². The number of benzene rings is 2.